The molecular formula is C21H28O2S. The maximum absolute atomic E-state index is 5.90. The molecule has 0 aliphatic rings. The lowest BCUT2D eigenvalue weighted by molar-refractivity contribution is 0.306. The average Bonchev–Trinajstić information content (AvgIpc) is 2.59. The van der Waals surface area contributed by atoms with Crippen LogP contribution in [-0.2, 0) is 0 Å². The first-order chi connectivity index (χ1) is 11.7. The molecule has 24 heavy (non-hydrogen) atoms. The lowest BCUT2D eigenvalue weighted by Gasteiger charge is -2.11. The van der Waals surface area contributed by atoms with E-state index in [1.165, 1.54) is 15.4 Å². The van der Waals surface area contributed by atoms with Gasteiger partial charge in [0.05, 0.1) is 13.2 Å². The summed E-state index contributed by atoms with van der Waals surface area (Å²) in [5.74, 6) is 1.94. The highest BCUT2D eigenvalue weighted by Crippen LogP contribution is 2.32. The minimum absolute atomic E-state index is 0.787. The van der Waals surface area contributed by atoms with Crippen molar-refractivity contribution in [3.8, 4) is 11.5 Å². The summed E-state index contributed by atoms with van der Waals surface area (Å²) in [5, 5.41) is 0. The largest absolute Gasteiger partial charge is 0.494 e. The smallest absolute Gasteiger partial charge is 0.123 e. The number of aryl methyl sites for hydroxylation is 1. The van der Waals surface area contributed by atoms with E-state index < -0.39 is 0 Å². The molecule has 0 aromatic heterocycles. The van der Waals surface area contributed by atoms with Crippen LogP contribution in [0.15, 0.2) is 52.3 Å². The van der Waals surface area contributed by atoms with Crippen LogP contribution in [0.3, 0.4) is 0 Å². The topological polar surface area (TPSA) is 18.5 Å². The van der Waals surface area contributed by atoms with E-state index in [9.17, 15) is 0 Å². The van der Waals surface area contributed by atoms with Gasteiger partial charge in [-0.05, 0) is 61.7 Å². The highest BCUT2D eigenvalue weighted by molar-refractivity contribution is 7.99. The molecule has 2 nitrogen and oxygen atoms in total. The number of unbranched alkanes of at least 4 members (excludes halogenated alkanes) is 2. The van der Waals surface area contributed by atoms with Crippen LogP contribution < -0.4 is 9.47 Å². The summed E-state index contributed by atoms with van der Waals surface area (Å²) in [6.07, 6.45) is 4.50. The molecule has 0 fully saturated rings. The van der Waals surface area contributed by atoms with Crippen LogP contribution in [0.25, 0.3) is 0 Å². The fourth-order valence-electron chi connectivity index (χ4n) is 2.20. The molecule has 0 spiro atoms. The molecule has 0 N–H and O–H groups in total. The van der Waals surface area contributed by atoms with Gasteiger partial charge < -0.3 is 9.47 Å². The van der Waals surface area contributed by atoms with E-state index >= 15 is 0 Å². The summed E-state index contributed by atoms with van der Waals surface area (Å²) in [4.78, 5) is 2.41. The molecule has 0 atom stereocenters. The first-order valence-electron chi connectivity index (χ1n) is 8.87. The van der Waals surface area contributed by atoms with Crippen molar-refractivity contribution in [1.82, 2.24) is 0 Å². The molecule has 130 valence electrons. The van der Waals surface area contributed by atoms with Crippen LogP contribution >= 0.6 is 11.8 Å². The van der Waals surface area contributed by atoms with E-state index in [4.69, 9.17) is 9.47 Å². The highest BCUT2D eigenvalue weighted by atomic mass is 32.2. The van der Waals surface area contributed by atoms with Gasteiger partial charge in [-0.15, -0.1) is 0 Å². The van der Waals surface area contributed by atoms with Crippen LogP contribution in [-0.4, -0.2) is 13.2 Å². The predicted octanol–water partition coefficient (Wildman–Crippen LogP) is 6.50. The van der Waals surface area contributed by atoms with Crippen molar-refractivity contribution in [2.75, 3.05) is 13.2 Å². The Balaban J connectivity index is 1.96. The Morgan fingerprint density at radius 2 is 1.42 bits per heavy atom. The molecule has 2 rings (SSSR count). The minimum atomic E-state index is 0.787. The normalized spacial score (nSPS) is 10.6. The van der Waals surface area contributed by atoms with Gasteiger partial charge in [-0.2, -0.15) is 0 Å². The van der Waals surface area contributed by atoms with Crippen molar-refractivity contribution < 1.29 is 9.47 Å². The molecule has 0 bridgehead atoms. The zero-order chi connectivity index (χ0) is 17.2. The van der Waals surface area contributed by atoms with Crippen molar-refractivity contribution in [2.45, 2.75) is 56.2 Å². The van der Waals surface area contributed by atoms with Gasteiger partial charge in [0.15, 0.2) is 0 Å². The Hall–Kier alpha value is -1.61. The molecule has 0 saturated heterocycles. The van der Waals surface area contributed by atoms with E-state index in [-0.39, 0.29) is 0 Å². The number of hydrogen-bond acceptors (Lipinski definition) is 3. The van der Waals surface area contributed by atoms with E-state index in [1.54, 1.807) is 11.8 Å². The van der Waals surface area contributed by atoms with E-state index in [1.807, 2.05) is 12.1 Å². The summed E-state index contributed by atoms with van der Waals surface area (Å²) >= 11 is 1.75. The van der Waals surface area contributed by atoms with Gasteiger partial charge in [-0.25, -0.2) is 0 Å². The molecule has 0 amide bonds. The lowest BCUT2D eigenvalue weighted by atomic mass is 10.2. The molecule has 0 aliphatic heterocycles. The van der Waals surface area contributed by atoms with Crippen molar-refractivity contribution >= 4 is 11.8 Å². The van der Waals surface area contributed by atoms with Crippen LogP contribution in [0.2, 0.25) is 0 Å². The summed E-state index contributed by atoms with van der Waals surface area (Å²) in [6, 6.07) is 14.7. The second kappa shape index (κ2) is 10.3. The summed E-state index contributed by atoms with van der Waals surface area (Å²) in [7, 11) is 0. The van der Waals surface area contributed by atoms with Crippen molar-refractivity contribution in [3.05, 3.63) is 48.0 Å². The molecule has 2 aromatic carbocycles. The Morgan fingerprint density at radius 3 is 2.08 bits per heavy atom. The van der Waals surface area contributed by atoms with Gasteiger partial charge in [0.1, 0.15) is 11.5 Å². The van der Waals surface area contributed by atoms with Gasteiger partial charge in [-0.3, -0.25) is 0 Å². The summed E-state index contributed by atoms with van der Waals surface area (Å²) < 4.78 is 11.6. The molecule has 0 radical (unpaired) electrons. The minimum Gasteiger partial charge on any atom is -0.494 e. The van der Waals surface area contributed by atoms with Gasteiger partial charge in [-0.1, -0.05) is 44.5 Å². The number of rotatable bonds is 10. The molecule has 0 saturated carbocycles. The standard InChI is InChI=1S/C21H28O2S/c1-4-6-14-22-18-9-12-19(13-10-18)24-20-11-8-17(3)21(16-20)23-15-7-5-2/h8-13,16H,4-7,14-15H2,1-3H3. The van der Waals surface area contributed by atoms with Crippen molar-refractivity contribution in [3.63, 3.8) is 0 Å². The van der Waals surface area contributed by atoms with Gasteiger partial charge in [0, 0.05) is 9.79 Å². The monoisotopic (exact) mass is 344 g/mol. The lowest BCUT2D eigenvalue weighted by Crippen LogP contribution is -1.98. The Bertz CT molecular complexity index is 608. The Kier molecular flexibility index (Phi) is 8.03. The van der Waals surface area contributed by atoms with Gasteiger partial charge in [0.2, 0.25) is 0 Å². The number of benzene rings is 2. The average molecular weight is 345 g/mol. The summed E-state index contributed by atoms with van der Waals surface area (Å²) in [5.41, 5.74) is 1.19. The van der Waals surface area contributed by atoms with Gasteiger partial charge >= 0.3 is 0 Å². The fourth-order valence-corrected chi connectivity index (χ4v) is 3.05. The summed E-state index contributed by atoms with van der Waals surface area (Å²) in [6.45, 7) is 8.02. The molecule has 0 aliphatic carbocycles. The quantitative estimate of drug-likeness (QED) is 0.458. The highest BCUT2D eigenvalue weighted by Gasteiger charge is 2.04. The maximum atomic E-state index is 5.90. The van der Waals surface area contributed by atoms with E-state index in [2.05, 4.69) is 51.1 Å². The molecule has 0 heterocycles. The fraction of sp³-hybridized carbons (Fsp3) is 0.429. The maximum Gasteiger partial charge on any atom is 0.123 e. The molecule has 2 aromatic rings. The van der Waals surface area contributed by atoms with Crippen LogP contribution in [0, 0.1) is 6.92 Å². The third-order valence-corrected chi connectivity index (χ3v) is 4.74. The molecular weight excluding hydrogens is 316 g/mol. The number of hydrogen-bond donors (Lipinski definition) is 0. The van der Waals surface area contributed by atoms with Crippen LogP contribution in [0.5, 0.6) is 11.5 Å². The second-order valence-corrected chi connectivity index (χ2v) is 7.05. The second-order valence-electron chi connectivity index (χ2n) is 5.90. The van der Waals surface area contributed by atoms with E-state index in [0.717, 1.165) is 50.4 Å². The SMILES string of the molecule is CCCCOc1ccc(Sc2ccc(C)c(OCCCC)c2)cc1. The first-order valence-corrected chi connectivity index (χ1v) is 9.68. The zero-order valence-electron chi connectivity index (χ0n) is 15.0. The molecule has 3 heteroatoms. The third-order valence-electron chi connectivity index (χ3n) is 3.74. The van der Waals surface area contributed by atoms with Gasteiger partial charge in [0.25, 0.3) is 0 Å². The number of ether oxygens (including phenoxy) is 2. The van der Waals surface area contributed by atoms with Crippen LogP contribution in [0.4, 0.5) is 0 Å². The van der Waals surface area contributed by atoms with Crippen molar-refractivity contribution in [1.29, 1.82) is 0 Å². The molecule has 0 unspecified atom stereocenters. The Labute approximate surface area is 150 Å². The van der Waals surface area contributed by atoms with Crippen molar-refractivity contribution in [2.24, 2.45) is 0 Å². The Morgan fingerprint density at radius 1 is 0.792 bits per heavy atom. The zero-order valence-corrected chi connectivity index (χ0v) is 15.8. The third kappa shape index (κ3) is 6.12. The first kappa shape index (κ1) is 18.7. The van der Waals surface area contributed by atoms with E-state index in [0.29, 0.717) is 0 Å². The van der Waals surface area contributed by atoms with Crippen LogP contribution in [0.1, 0.15) is 45.1 Å². The predicted molar refractivity (Wildman–Crippen MR) is 103 cm³/mol.